The summed E-state index contributed by atoms with van der Waals surface area (Å²) in [7, 11) is 1.55. The maximum absolute atomic E-state index is 13.7. The summed E-state index contributed by atoms with van der Waals surface area (Å²) >= 11 is 0. The first-order chi connectivity index (χ1) is 15.4. The molecular formula is C25H27NO6. The van der Waals surface area contributed by atoms with Gasteiger partial charge in [0.2, 0.25) is 5.76 Å². The third kappa shape index (κ3) is 3.52. The molecule has 168 valence electrons. The Bertz CT molecular complexity index is 1250. The second kappa shape index (κ2) is 8.67. The van der Waals surface area contributed by atoms with E-state index in [1.54, 1.807) is 30.2 Å². The van der Waals surface area contributed by atoms with Gasteiger partial charge in [0.25, 0.3) is 5.91 Å². The van der Waals surface area contributed by atoms with Gasteiger partial charge in [0.05, 0.1) is 30.7 Å². The molecule has 1 atom stereocenters. The van der Waals surface area contributed by atoms with Gasteiger partial charge in [-0.3, -0.25) is 9.59 Å². The molecule has 32 heavy (non-hydrogen) atoms. The molecule has 4 rings (SSSR count). The van der Waals surface area contributed by atoms with Crippen LogP contribution in [0.5, 0.6) is 11.5 Å². The summed E-state index contributed by atoms with van der Waals surface area (Å²) < 4.78 is 17.2. The summed E-state index contributed by atoms with van der Waals surface area (Å²) in [6.45, 7) is 6.37. The zero-order valence-electron chi connectivity index (χ0n) is 18.7. The molecule has 1 amide bonds. The molecule has 7 nitrogen and oxygen atoms in total. The molecular weight excluding hydrogens is 410 g/mol. The van der Waals surface area contributed by atoms with Crippen LogP contribution < -0.4 is 14.9 Å². The highest BCUT2D eigenvalue weighted by molar-refractivity contribution is 5.99. The lowest BCUT2D eigenvalue weighted by Gasteiger charge is -2.25. The van der Waals surface area contributed by atoms with Crippen molar-refractivity contribution >= 4 is 16.9 Å². The number of fused-ring (bicyclic) bond motifs is 2. The molecule has 0 aliphatic carbocycles. The Morgan fingerprint density at radius 2 is 1.91 bits per heavy atom. The average molecular weight is 437 g/mol. The van der Waals surface area contributed by atoms with Crippen LogP contribution in [0.1, 0.15) is 52.2 Å². The molecule has 0 saturated heterocycles. The van der Waals surface area contributed by atoms with E-state index in [1.807, 2.05) is 32.9 Å². The van der Waals surface area contributed by atoms with Crippen LogP contribution >= 0.6 is 0 Å². The molecule has 0 fully saturated rings. The Hall–Kier alpha value is -3.32. The second-order valence-corrected chi connectivity index (χ2v) is 7.95. The second-order valence-electron chi connectivity index (χ2n) is 7.95. The standard InChI is InChI=1S/C25H27NO6/c1-5-31-18-8-7-16(13-19(18)30-4)21-20-22(28)17-12-14(2)11-15(3)23(17)32-24(20)25(29)26(21)9-6-10-27/h7-8,11-13,21,27H,5-6,9-10H2,1-4H3. The van der Waals surface area contributed by atoms with Crippen molar-refractivity contribution in [3.63, 3.8) is 0 Å². The highest BCUT2D eigenvalue weighted by atomic mass is 16.5. The number of aryl methyl sites for hydroxylation is 2. The van der Waals surface area contributed by atoms with E-state index in [9.17, 15) is 14.7 Å². The van der Waals surface area contributed by atoms with Crippen molar-refractivity contribution in [1.82, 2.24) is 4.90 Å². The van der Waals surface area contributed by atoms with E-state index in [0.29, 0.717) is 46.6 Å². The average Bonchev–Trinajstić information content (AvgIpc) is 3.05. The molecule has 2 heterocycles. The summed E-state index contributed by atoms with van der Waals surface area (Å²) in [6.07, 6.45) is 0.385. The zero-order chi connectivity index (χ0) is 23.0. The van der Waals surface area contributed by atoms with E-state index in [4.69, 9.17) is 13.9 Å². The van der Waals surface area contributed by atoms with Crippen LogP contribution in [0.3, 0.4) is 0 Å². The molecule has 1 aliphatic rings. The number of carbonyl (C=O) groups excluding carboxylic acids is 1. The first-order valence-corrected chi connectivity index (χ1v) is 10.7. The molecule has 0 spiro atoms. The van der Waals surface area contributed by atoms with Gasteiger partial charge in [-0.05, 0) is 62.1 Å². The number of carbonyl (C=O) groups is 1. The summed E-state index contributed by atoms with van der Waals surface area (Å²) in [5.41, 5.74) is 3.00. The smallest absolute Gasteiger partial charge is 0.290 e. The number of benzene rings is 2. The van der Waals surface area contributed by atoms with Gasteiger partial charge in [0.15, 0.2) is 16.9 Å². The fraction of sp³-hybridized carbons (Fsp3) is 0.360. The van der Waals surface area contributed by atoms with Gasteiger partial charge >= 0.3 is 0 Å². The summed E-state index contributed by atoms with van der Waals surface area (Å²) in [5.74, 6) is 0.807. The van der Waals surface area contributed by atoms with E-state index >= 15 is 0 Å². The lowest BCUT2D eigenvalue weighted by molar-refractivity contribution is 0.0716. The van der Waals surface area contributed by atoms with Gasteiger partial charge in [0, 0.05) is 13.2 Å². The highest BCUT2D eigenvalue weighted by Gasteiger charge is 2.42. The summed E-state index contributed by atoms with van der Waals surface area (Å²) in [6, 6.07) is 8.48. The third-order valence-electron chi connectivity index (χ3n) is 5.76. The number of hydrogen-bond donors (Lipinski definition) is 1. The number of amides is 1. The minimum absolute atomic E-state index is 0.0604. The fourth-order valence-electron chi connectivity index (χ4n) is 4.42. The normalized spacial score (nSPS) is 15.3. The molecule has 1 aliphatic heterocycles. The Morgan fingerprint density at radius 3 is 2.59 bits per heavy atom. The largest absolute Gasteiger partial charge is 0.493 e. The fourth-order valence-corrected chi connectivity index (χ4v) is 4.42. The van der Waals surface area contributed by atoms with E-state index in [2.05, 4.69) is 0 Å². The molecule has 7 heteroatoms. The molecule has 0 saturated carbocycles. The quantitative estimate of drug-likeness (QED) is 0.606. The van der Waals surface area contributed by atoms with Crippen LogP contribution in [-0.2, 0) is 0 Å². The van der Waals surface area contributed by atoms with Crippen LogP contribution in [0, 0.1) is 13.8 Å². The van der Waals surface area contributed by atoms with Crippen molar-refractivity contribution in [3.8, 4) is 11.5 Å². The van der Waals surface area contributed by atoms with Crippen LogP contribution in [0.4, 0.5) is 0 Å². The maximum Gasteiger partial charge on any atom is 0.290 e. The molecule has 1 unspecified atom stereocenters. The van der Waals surface area contributed by atoms with E-state index in [0.717, 1.165) is 11.1 Å². The number of hydrogen-bond acceptors (Lipinski definition) is 6. The van der Waals surface area contributed by atoms with Crippen molar-refractivity contribution < 1.29 is 23.8 Å². The number of methoxy groups -OCH3 is 1. The maximum atomic E-state index is 13.7. The molecule has 2 aromatic carbocycles. The van der Waals surface area contributed by atoms with Crippen LogP contribution in [0.2, 0.25) is 0 Å². The molecule has 0 radical (unpaired) electrons. The topological polar surface area (TPSA) is 89.2 Å². The van der Waals surface area contributed by atoms with E-state index in [1.165, 1.54) is 0 Å². The number of ether oxygens (including phenoxy) is 2. The van der Waals surface area contributed by atoms with Gasteiger partial charge in [0.1, 0.15) is 5.58 Å². The van der Waals surface area contributed by atoms with Crippen LogP contribution in [-0.4, -0.2) is 42.8 Å². The predicted molar refractivity (Wildman–Crippen MR) is 121 cm³/mol. The highest BCUT2D eigenvalue weighted by Crippen LogP contribution is 2.41. The molecule has 1 aromatic heterocycles. The zero-order valence-corrected chi connectivity index (χ0v) is 18.7. The van der Waals surface area contributed by atoms with Crippen molar-refractivity contribution in [2.45, 2.75) is 33.2 Å². The Morgan fingerprint density at radius 1 is 1.12 bits per heavy atom. The van der Waals surface area contributed by atoms with Gasteiger partial charge in [-0.15, -0.1) is 0 Å². The monoisotopic (exact) mass is 437 g/mol. The van der Waals surface area contributed by atoms with Crippen molar-refractivity contribution in [3.05, 3.63) is 68.6 Å². The van der Waals surface area contributed by atoms with Crippen molar-refractivity contribution in [2.24, 2.45) is 0 Å². The van der Waals surface area contributed by atoms with Gasteiger partial charge in [-0.2, -0.15) is 0 Å². The first-order valence-electron chi connectivity index (χ1n) is 10.7. The summed E-state index contributed by atoms with van der Waals surface area (Å²) in [5, 5.41) is 9.84. The SMILES string of the molecule is CCOc1ccc(C2c3c(oc4c(C)cc(C)cc4c3=O)C(=O)N2CCCO)cc1OC. The Labute approximate surface area is 186 Å². The lowest BCUT2D eigenvalue weighted by Crippen LogP contribution is -2.31. The van der Waals surface area contributed by atoms with E-state index in [-0.39, 0.29) is 30.2 Å². The van der Waals surface area contributed by atoms with Crippen LogP contribution in [0.15, 0.2) is 39.5 Å². The number of aliphatic hydroxyl groups is 1. The van der Waals surface area contributed by atoms with Crippen molar-refractivity contribution in [2.75, 3.05) is 26.9 Å². The van der Waals surface area contributed by atoms with Gasteiger partial charge in [-0.1, -0.05) is 12.1 Å². The predicted octanol–water partition coefficient (Wildman–Crippen LogP) is 3.74. The number of nitrogens with zero attached hydrogens (tertiary/aromatic N) is 1. The summed E-state index contributed by atoms with van der Waals surface area (Å²) in [4.78, 5) is 28.6. The molecule has 0 bridgehead atoms. The molecule has 3 aromatic rings. The Balaban J connectivity index is 1.96. The van der Waals surface area contributed by atoms with E-state index < -0.39 is 6.04 Å². The first kappa shape index (κ1) is 21.9. The minimum Gasteiger partial charge on any atom is -0.493 e. The number of rotatable bonds is 7. The third-order valence-corrected chi connectivity index (χ3v) is 5.76. The van der Waals surface area contributed by atoms with Crippen LogP contribution in [0.25, 0.3) is 11.0 Å². The lowest BCUT2D eigenvalue weighted by atomic mass is 9.97. The van der Waals surface area contributed by atoms with Crippen molar-refractivity contribution in [1.29, 1.82) is 0 Å². The number of aliphatic hydroxyl groups excluding tert-OH is 1. The van der Waals surface area contributed by atoms with Gasteiger partial charge < -0.3 is 23.9 Å². The minimum atomic E-state index is -0.643. The van der Waals surface area contributed by atoms with Gasteiger partial charge in [-0.25, -0.2) is 0 Å². The Kier molecular flexibility index (Phi) is 5.93. The molecule has 1 N–H and O–H groups in total.